The lowest BCUT2D eigenvalue weighted by molar-refractivity contribution is 0.0697. The molecule has 1 saturated carbocycles. The number of H-pyrrole nitrogens is 1. The number of carboxylic acid groups (broad SMARTS) is 1. The van der Waals surface area contributed by atoms with Crippen LogP contribution in [0.3, 0.4) is 0 Å². The van der Waals surface area contributed by atoms with Gasteiger partial charge >= 0.3 is 5.97 Å². The van der Waals surface area contributed by atoms with Crippen LogP contribution in [0.4, 0.5) is 0 Å². The molecule has 0 amide bonds. The van der Waals surface area contributed by atoms with Gasteiger partial charge in [-0.15, -0.1) is 0 Å². The van der Waals surface area contributed by atoms with Crippen molar-refractivity contribution >= 4 is 5.97 Å². The Morgan fingerprint density at radius 1 is 1.40 bits per heavy atom. The lowest BCUT2D eigenvalue weighted by atomic mass is 9.97. The van der Waals surface area contributed by atoms with Crippen LogP contribution in [-0.4, -0.2) is 22.1 Å². The Hall–Kier alpha value is -1.29. The van der Waals surface area contributed by atoms with Crippen molar-refractivity contribution < 1.29 is 9.90 Å². The van der Waals surface area contributed by atoms with Crippen molar-refractivity contribution in [3.63, 3.8) is 0 Å². The molecule has 1 aromatic rings. The number of rotatable bonds is 1. The summed E-state index contributed by atoms with van der Waals surface area (Å²) in [6.07, 6.45) is 9.67. The SMILES string of the molecule is NC1CCCCC1.O=C(O)c1cc[nH]c1. The fourth-order valence-electron chi connectivity index (χ4n) is 1.59. The van der Waals surface area contributed by atoms with E-state index in [9.17, 15) is 4.79 Å². The largest absolute Gasteiger partial charge is 0.478 e. The Morgan fingerprint density at radius 2 is 2.07 bits per heavy atom. The predicted molar refractivity (Wildman–Crippen MR) is 58.8 cm³/mol. The second-order valence-electron chi connectivity index (χ2n) is 3.80. The van der Waals surface area contributed by atoms with E-state index in [1.165, 1.54) is 44.4 Å². The number of aromatic nitrogens is 1. The molecule has 0 aromatic carbocycles. The summed E-state index contributed by atoms with van der Waals surface area (Å²) in [7, 11) is 0. The minimum absolute atomic E-state index is 0.296. The summed E-state index contributed by atoms with van der Waals surface area (Å²) in [5.41, 5.74) is 5.93. The minimum Gasteiger partial charge on any atom is -0.478 e. The quantitative estimate of drug-likeness (QED) is 0.663. The molecule has 0 bridgehead atoms. The predicted octanol–water partition coefficient (Wildman–Crippen LogP) is 1.99. The van der Waals surface area contributed by atoms with Crippen molar-refractivity contribution in [1.82, 2.24) is 4.98 Å². The van der Waals surface area contributed by atoms with Crippen LogP contribution in [0.1, 0.15) is 42.5 Å². The Morgan fingerprint density at radius 3 is 2.33 bits per heavy atom. The van der Waals surface area contributed by atoms with Gasteiger partial charge < -0.3 is 15.8 Å². The molecule has 2 rings (SSSR count). The Labute approximate surface area is 89.5 Å². The van der Waals surface area contributed by atoms with Crippen LogP contribution >= 0.6 is 0 Å². The van der Waals surface area contributed by atoms with Gasteiger partial charge in [-0.25, -0.2) is 4.79 Å². The number of hydrogen-bond donors (Lipinski definition) is 3. The molecule has 0 unspecified atom stereocenters. The van der Waals surface area contributed by atoms with Gasteiger partial charge in [0.25, 0.3) is 0 Å². The molecule has 1 aromatic heterocycles. The lowest BCUT2D eigenvalue weighted by Crippen LogP contribution is -2.22. The van der Waals surface area contributed by atoms with Crippen molar-refractivity contribution in [3.8, 4) is 0 Å². The highest BCUT2D eigenvalue weighted by Crippen LogP contribution is 2.14. The molecule has 4 heteroatoms. The van der Waals surface area contributed by atoms with Gasteiger partial charge in [0.05, 0.1) is 5.56 Å². The topological polar surface area (TPSA) is 79.1 Å². The van der Waals surface area contributed by atoms with Gasteiger partial charge in [-0.1, -0.05) is 19.3 Å². The third kappa shape index (κ3) is 4.65. The molecule has 84 valence electrons. The second kappa shape index (κ2) is 6.24. The molecular weight excluding hydrogens is 192 g/mol. The molecular formula is C11H18N2O2. The van der Waals surface area contributed by atoms with E-state index in [0.717, 1.165) is 0 Å². The molecule has 15 heavy (non-hydrogen) atoms. The van der Waals surface area contributed by atoms with Crippen LogP contribution in [0, 0.1) is 0 Å². The normalized spacial score (nSPS) is 16.6. The standard InChI is InChI=1S/C6H13N.C5H5NO2/c7-6-4-2-1-3-5-6;7-5(8)4-1-2-6-3-4/h6H,1-5,7H2;1-3,6H,(H,7,8). The van der Waals surface area contributed by atoms with E-state index in [1.807, 2.05) is 0 Å². The van der Waals surface area contributed by atoms with Crippen LogP contribution in [-0.2, 0) is 0 Å². The van der Waals surface area contributed by atoms with Crippen molar-refractivity contribution in [2.45, 2.75) is 38.1 Å². The number of aromatic amines is 1. The molecule has 1 aliphatic rings. The van der Waals surface area contributed by atoms with Crippen LogP contribution < -0.4 is 5.73 Å². The van der Waals surface area contributed by atoms with E-state index in [-0.39, 0.29) is 0 Å². The van der Waals surface area contributed by atoms with Gasteiger partial charge in [-0.2, -0.15) is 0 Å². The van der Waals surface area contributed by atoms with Gasteiger partial charge in [0, 0.05) is 18.4 Å². The highest BCUT2D eigenvalue weighted by atomic mass is 16.4. The van der Waals surface area contributed by atoms with E-state index in [0.29, 0.717) is 11.6 Å². The molecule has 1 aliphatic carbocycles. The first-order valence-corrected chi connectivity index (χ1v) is 5.32. The van der Waals surface area contributed by atoms with E-state index in [4.69, 9.17) is 10.8 Å². The smallest absolute Gasteiger partial charge is 0.337 e. The first kappa shape index (κ1) is 11.8. The van der Waals surface area contributed by atoms with Gasteiger partial charge in [0.2, 0.25) is 0 Å². The van der Waals surface area contributed by atoms with Crippen molar-refractivity contribution in [2.75, 3.05) is 0 Å². The summed E-state index contributed by atoms with van der Waals surface area (Å²) in [6.45, 7) is 0. The van der Waals surface area contributed by atoms with Crippen LogP contribution in [0.25, 0.3) is 0 Å². The maximum Gasteiger partial charge on any atom is 0.337 e. The fraction of sp³-hybridized carbons (Fsp3) is 0.545. The number of carbonyl (C=O) groups is 1. The summed E-state index contributed by atoms with van der Waals surface area (Å²) in [6, 6.07) is 2.04. The van der Waals surface area contributed by atoms with Crippen molar-refractivity contribution in [1.29, 1.82) is 0 Å². The molecule has 1 fully saturated rings. The molecule has 0 atom stereocenters. The second-order valence-corrected chi connectivity index (χ2v) is 3.80. The zero-order chi connectivity index (χ0) is 11.1. The summed E-state index contributed by atoms with van der Waals surface area (Å²) in [4.78, 5) is 12.7. The average molecular weight is 210 g/mol. The highest BCUT2D eigenvalue weighted by Gasteiger charge is 2.06. The monoisotopic (exact) mass is 210 g/mol. The molecule has 0 radical (unpaired) electrons. The molecule has 1 heterocycles. The van der Waals surface area contributed by atoms with Gasteiger partial charge in [-0.05, 0) is 18.9 Å². The molecule has 4 nitrogen and oxygen atoms in total. The molecule has 0 aliphatic heterocycles. The Bertz CT molecular complexity index is 277. The van der Waals surface area contributed by atoms with Crippen LogP contribution in [0.2, 0.25) is 0 Å². The van der Waals surface area contributed by atoms with Gasteiger partial charge in [0.15, 0.2) is 0 Å². The Balaban J connectivity index is 0.000000151. The van der Waals surface area contributed by atoms with Gasteiger partial charge in [0.1, 0.15) is 0 Å². The molecule has 0 saturated heterocycles. The van der Waals surface area contributed by atoms with E-state index < -0.39 is 5.97 Å². The summed E-state index contributed by atoms with van der Waals surface area (Å²) >= 11 is 0. The summed E-state index contributed by atoms with van der Waals surface area (Å²) in [5, 5.41) is 8.25. The average Bonchev–Trinajstić information content (AvgIpc) is 2.72. The molecule has 4 N–H and O–H groups in total. The van der Waals surface area contributed by atoms with Crippen molar-refractivity contribution in [3.05, 3.63) is 24.0 Å². The lowest BCUT2D eigenvalue weighted by Gasteiger charge is -2.15. The number of nitrogens with one attached hydrogen (secondary N) is 1. The third-order valence-electron chi connectivity index (χ3n) is 2.49. The van der Waals surface area contributed by atoms with Crippen LogP contribution in [0.5, 0.6) is 0 Å². The number of nitrogens with two attached hydrogens (primary N) is 1. The number of aromatic carboxylic acids is 1. The zero-order valence-corrected chi connectivity index (χ0v) is 8.78. The number of hydrogen-bond acceptors (Lipinski definition) is 2. The summed E-state index contributed by atoms with van der Waals surface area (Å²) < 4.78 is 0. The fourth-order valence-corrected chi connectivity index (χ4v) is 1.59. The first-order chi connectivity index (χ1) is 7.20. The van der Waals surface area contributed by atoms with E-state index >= 15 is 0 Å². The number of carboxylic acids is 1. The first-order valence-electron chi connectivity index (χ1n) is 5.32. The maximum absolute atomic E-state index is 10.0. The Kier molecular flexibility index (Phi) is 4.90. The maximum atomic E-state index is 10.0. The van der Waals surface area contributed by atoms with Crippen molar-refractivity contribution in [2.24, 2.45) is 5.73 Å². The molecule has 0 spiro atoms. The zero-order valence-electron chi connectivity index (χ0n) is 8.78. The highest BCUT2D eigenvalue weighted by molar-refractivity contribution is 5.87. The summed E-state index contributed by atoms with van der Waals surface area (Å²) in [5.74, 6) is -0.897. The van der Waals surface area contributed by atoms with E-state index in [1.54, 1.807) is 6.20 Å². The third-order valence-corrected chi connectivity index (χ3v) is 2.49. The van der Waals surface area contributed by atoms with Gasteiger partial charge in [-0.3, -0.25) is 0 Å². The van der Waals surface area contributed by atoms with E-state index in [2.05, 4.69) is 4.98 Å². The van der Waals surface area contributed by atoms with Crippen LogP contribution in [0.15, 0.2) is 18.5 Å². The minimum atomic E-state index is -0.897.